The standard InChI is InChI=1S/C25H34N2O6/c1-4-16-13-27-9-8-24-23-19(6-5-7-21(23)31-3)26-25(24,33-11-10-32-24)22(27)12-17(16)18(15-30-2)20(29)14-28/h5-7,15-17,22,26,28H,4,8-14H2,1-3H3/b18-15+/t16-,17+,22+,24+,25+/m1/s1. The lowest BCUT2D eigenvalue weighted by atomic mass is 9.66. The largest absolute Gasteiger partial charge is 0.504 e. The number of piperidine rings is 2. The predicted octanol–water partition coefficient (Wildman–Crippen LogP) is 2.27. The molecule has 0 amide bonds. The molecule has 4 aliphatic heterocycles. The van der Waals surface area contributed by atoms with Gasteiger partial charge in [0.2, 0.25) is 0 Å². The van der Waals surface area contributed by atoms with Crippen molar-refractivity contribution < 1.29 is 28.8 Å². The van der Waals surface area contributed by atoms with Crippen molar-refractivity contribution >= 4 is 11.5 Å². The van der Waals surface area contributed by atoms with Gasteiger partial charge >= 0.3 is 0 Å². The Balaban J connectivity index is 1.60. The summed E-state index contributed by atoms with van der Waals surface area (Å²) in [6.45, 7) is 4.37. The number of nitrogens with zero attached hydrogens (tertiary/aromatic N) is 1. The SMILES string of the molecule is CC[C@@H]1CN2CC[C@@]34OCCO[C@@]3(Nc3cccc(OC)c34)[C@@H]2C[C@@H]1/C(=C\OC)C(=O)CO. The second kappa shape index (κ2) is 8.58. The normalized spacial score (nSPS) is 35.5. The number of nitrogens with one attached hydrogen (secondary N) is 1. The zero-order valence-electron chi connectivity index (χ0n) is 19.6. The van der Waals surface area contributed by atoms with E-state index in [1.807, 2.05) is 12.1 Å². The lowest BCUT2D eigenvalue weighted by Gasteiger charge is -2.61. The second-order valence-electron chi connectivity index (χ2n) is 9.43. The molecule has 5 atom stereocenters. The number of ketones is 1. The Labute approximate surface area is 194 Å². The fourth-order valence-corrected chi connectivity index (χ4v) is 6.77. The highest BCUT2D eigenvalue weighted by molar-refractivity contribution is 5.96. The van der Waals surface area contributed by atoms with Crippen LogP contribution in [0.4, 0.5) is 5.69 Å². The summed E-state index contributed by atoms with van der Waals surface area (Å²) >= 11 is 0. The first-order valence-corrected chi connectivity index (χ1v) is 11.9. The van der Waals surface area contributed by atoms with Crippen molar-refractivity contribution in [3.63, 3.8) is 0 Å². The molecular weight excluding hydrogens is 424 g/mol. The smallest absolute Gasteiger partial charge is 0.188 e. The third-order valence-electron chi connectivity index (χ3n) is 8.14. The number of rotatable bonds is 6. The maximum absolute atomic E-state index is 12.7. The molecule has 0 aliphatic carbocycles. The van der Waals surface area contributed by atoms with Gasteiger partial charge in [0.15, 0.2) is 11.5 Å². The summed E-state index contributed by atoms with van der Waals surface area (Å²) in [6, 6.07) is 5.99. The summed E-state index contributed by atoms with van der Waals surface area (Å²) in [4.78, 5) is 15.2. The zero-order chi connectivity index (χ0) is 23.2. The van der Waals surface area contributed by atoms with Gasteiger partial charge in [-0.2, -0.15) is 0 Å². The minimum absolute atomic E-state index is 0.0248. The van der Waals surface area contributed by atoms with Crippen LogP contribution in [0.2, 0.25) is 0 Å². The minimum Gasteiger partial charge on any atom is -0.504 e. The van der Waals surface area contributed by atoms with Crippen LogP contribution in [0, 0.1) is 11.8 Å². The number of aliphatic hydroxyl groups is 1. The van der Waals surface area contributed by atoms with E-state index in [9.17, 15) is 9.90 Å². The number of fused-ring (bicyclic) bond motifs is 2. The lowest BCUT2D eigenvalue weighted by Crippen LogP contribution is -2.75. The van der Waals surface area contributed by atoms with Crippen molar-refractivity contribution in [2.75, 3.05) is 52.4 Å². The fourth-order valence-electron chi connectivity index (χ4n) is 6.77. The van der Waals surface area contributed by atoms with E-state index in [1.54, 1.807) is 14.2 Å². The number of ether oxygens (including phenoxy) is 4. The predicted molar refractivity (Wildman–Crippen MR) is 122 cm³/mol. The maximum atomic E-state index is 12.7. The van der Waals surface area contributed by atoms with Crippen LogP contribution in [0.1, 0.15) is 31.7 Å². The average Bonchev–Trinajstić information content (AvgIpc) is 3.18. The minimum atomic E-state index is -0.780. The van der Waals surface area contributed by atoms with Gasteiger partial charge in [-0.1, -0.05) is 19.4 Å². The third kappa shape index (κ3) is 3.15. The molecular formula is C25H34N2O6. The number of methoxy groups -OCH3 is 2. The number of aliphatic hydroxyl groups excluding tert-OH is 1. The van der Waals surface area contributed by atoms with Gasteiger partial charge in [-0.15, -0.1) is 0 Å². The van der Waals surface area contributed by atoms with Crippen LogP contribution in [-0.4, -0.2) is 74.7 Å². The Bertz CT molecular complexity index is 951. The van der Waals surface area contributed by atoms with E-state index in [4.69, 9.17) is 18.9 Å². The summed E-state index contributed by atoms with van der Waals surface area (Å²) in [5, 5.41) is 13.4. The number of carbonyl (C=O) groups is 1. The summed E-state index contributed by atoms with van der Waals surface area (Å²) < 4.78 is 24.3. The van der Waals surface area contributed by atoms with E-state index in [0.717, 1.165) is 42.9 Å². The van der Waals surface area contributed by atoms with Crippen molar-refractivity contribution in [3.05, 3.63) is 35.6 Å². The van der Waals surface area contributed by atoms with Crippen molar-refractivity contribution in [3.8, 4) is 5.75 Å². The molecule has 180 valence electrons. The van der Waals surface area contributed by atoms with E-state index >= 15 is 0 Å². The highest BCUT2D eigenvalue weighted by Gasteiger charge is 2.70. The number of Topliss-reactive ketones (excluding diaryl/α,β-unsaturated/α-hetero) is 1. The number of anilines is 1. The van der Waals surface area contributed by atoms with Crippen molar-refractivity contribution in [1.82, 2.24) is 4.90 Å². The summed E-state index contributed by atoms with van der Waals surface area (Å²) in [5.74, 6) is 0.761. The summed E-state index contributed by atoms with van der Waals surface area (Å²) in [5.41, 5.74) is 1.12. The highest BCUT2D eigenvalue weighted by atomic mass is 16.6. The van der Waals surface area contributed by atoms with Crippen LogP contribution in [0.5, 0.6) is 5.75 Å². The van der Waals surface area contributed by atoms with Crippen molar-refractivity contribution in [2.45, 2.75) is 43.6 Å². The summed E-state index contributed by atoms with van der Waals surface area (Å²) in [7, 11) is 3.24. The van der Waals surface area contributed by atoms with Gasteiger partial charge in [0.25, 0.3) is 0 Å². The molecule has 4 heterocycles. The monoisotopic (exact) mass is 458 g/mol. The molecule has 8 nitrogen and oxygen atoms in total. The average molecular weight is 459 g/mol. The van der Waals surface area contributed by atoms with E-state index in [1.165, 1.54) is 6.26 Å². The van der Waals surface area contributed by atoms with Gasteiger partial charge in [-0.3, -0.25) is 9.69 Å². The molecule has 0 radical (unpaired) electrons. The van der Waals surface area contributed by atoms with Gasteiger partial charge in [0.05, 0.1) is 45.3 Å². The van der Waals surface area contributed by atoms with Crippen LogP contribution >= 0.6 is 0 Å². The van der Waals surface area contributed by atoms with Crippen LogP contribution in [-0.2, 0) is 24.6 Å². The Morgan fingerprint density at radius 3 is 2.88 bits per heavy atom. The molecule has 3 fully saturated rings. The molecule has 1 aromatic rings. The van der Waals surface area contributed by atoms with Crippen LogP contribution in [0.25, 0.3) is 0 Å². The molecule has 3 saturated heterocycles. The van der Waals surface area contributed by atoms with Crippen LogP contribution in [0.3, 0.4) is 0 Å². The van der Waals surface area contributed by atoms with E-state index in [-0.39, 0.29) is 23.7 Å². The second-order valence-corrected chi connectivity index (χ2v) is 9.43. The number of hydrogen-bond acceptors (Lipinski definition) is 8. The molecule has 0 bridgehead atoms. The molecule has 0 saturated carbocycles. The molecule has 8 heteroatoms. The van der Waals surface area contributed by atoms with Crippen LogP contribution < -0.4 is 10.1 Å². The molecule has 0 unspecified atom stereocenters. The van der Waals surface area contributed by atoms with Crippen molar-refractivity contribution in [2.24, 2.45) is 11.8 Å². The molecule has 5 rings (SSSR count). The molecule has 1 aromatic carbocycles. The first-order chi connectivity index (χ1) is 16.0. The topological polar surface area (TPSA) is 89.5 Å². The van der Waals surface area contributed by atoms with Crippen molar-refractivity contribution in [1.29, 1.82) is 0 Å². The van der Waals surface area contributed by atoms with E-state index in [0.29, 0.717) is 25.2 Å². The molecule has 0 spiro atoms. The zero-order valence-corrected chi connectivity index (χ0v) is 19.6. The van der Waals surface area contributed by atoms with E-state index in [2.05, 4.69) is 23.2 Å². The molecule has 33 heavy (non-hydrogen) atoms. The highest BCUT2D eigenvalue weighted by Crippen LogP contribution is 2.61. The number of benzene rings is 1. The van der Waals surface area contributed by atoms with E-state index < -0.39 is 17.9 Å². The Morgan fingerprint density at radius 1 is 1.33 bits per heavy atom. The Kier molecular flexibility index (Phi) is 5.89. The van der Waals surface area contributed by atoms with Gasteiger partial charge in [-0.05, 0) is 36.8 Å². The Morgan fingerprint density at radius 2 is 2.15 bits per heavy atom. The van der Waals surface area contributed by atoms with Crippen LogP contribution in [0.15, 0.2) is 30.0 Å². The van der Waals surface area contributed by atoms with Gasteiger partial charge in [-0.25, -0.2) is 0 Å². The third-order valence-corrected chi connectivity index (χ3v) is 8.14. The quantitative estimate of drug-likeness (QED) is 0.496. The first-order valence-electron chi connectivity index (χ1n) is 11.9. The summed E-state index contributed by atoms with van der Waals surface area (Å²) in [6.07, 6.45) is 3.95. The molecule has 2 N–H and O–H groups in total. The van der Waals surface area contributed by atoms with Gasteiger partial charge in [0, 0.05) is 24.4 Å². The molecule has 0 aromatic heterocycles. The molecule has 4 aliphatic rings. The Hall–Kier alpha value is -2.13. The maximum Gasteiger partial charge on any atom is 0.188 e. The number of carbonyl (C=O) groups excluding carboxylic acids is 1. The van der Waals surface area contributed by atoms with Gasteiger partial charge < -0.3 is 29.4 Å². The first kappa shape index (κ1) is 22.7. The fraction of sp³-hybridized carbons (Fsp3) is 0.640. The van der Waals surface area contributed by atoms with Gasteiger partial charge in [0.1, 0.15) is 18.0 Å². The number of hydrogen-bond donors (Lipinski definition) is 2. The lowest BCUT2D eigenvalue weighted by molar-refractivity contribution is -0.297.